The van der Waals surface area contributed by atoms with Crippen molar-refractivity contribution in [2.24, 2.45) is 5.73 Å². The molecule has 1 aromatic rings. The standard InChI is InChI=1S/C11H16N4O2/c12-8-6-9(10(13)16)11(14-7-8)15-2-1-4-17-5-3-15/h6-7H,1-5,12H2,(H2,13,16). The molecule has 2 rings (SSSR count). The first-order chi connectivity index (χ1) is 8.18. The fourth-order valence-electron chi connectivity index (χ4n) is 1.86. The molecule has 92 valence electrons. The second kappa shape index (κ2) is 5.01. The number of aromatic nitrogens is 1. The molecule has 6 nitrogen and oxygen atoms in total. The number of amides is 1. The maximum atomic E-state index is 11.4. The Labute approximate surface area is 99.5 Å². The van der Waals surface area contributed by atoms with Crippen molar-refractivity contribution in [3.05, 3.63) is 17.8 Å². The van der Waals surface area contributed by atoms with Gasteiger partial charge >= 0.3 is 0 Å². The van der Waals surface area contributed by atoms with Gasteiger partial charge in [-0.2, -0.15) is 0 Å². The fraction of sp³-hybridized carbons (Fsp3) is 0.455. The molecule has 1 amide bonds. The summed E-state index contributed by atoms with van der Waals surface area (Å²) in [7, 11) is 0. The summed E-state index contributed by atoms with van der Waals surface area (Å²) >= 11 is 0. The van der Waals surface area contributed by atoms with Crippen molar-refractivity contribution in [3.63, 3.8) is 0 Å². The first kappa shape index (κ1) is 11.7. The van der Waals surface area contributed by atoms with E-state index < -0.39 is 5.91 Å². The van der Waals surface area contributed by atoms with Gasteiger partial charge in [0.25, 0.3) is 5.91 Å². The summed E-state index contributed by atoms with van der Waals surface area (Å²) in [5, 5.41) is 0. The summed E-state index contributed by atoms with van der Waals surface area (Å²) in [5.74, 6) is 0.0853. The van der Waals surface area contributed by atoms with Crippen molar-refractivity contribution in [2.45, 2.75) is 6.42 Å². The van der Waals surface area contributed by atoms with Gasteiger partial charge in [-0.1, -0.05) is 0 Å². The highest BCUT2D eigenvalue weighted by Crippen LogP contribution is 2.20. The van der Waals surface area contributed by atoms with E-state index >= 15 is 0 Å². The Kier molecular flexibility index (Phi) is 3.43. The molecule has 0 aliphatic carbocycles. The lowest BCUT2D eigenvalue weighted by Gasteiger charge is -2.22. The van der Waals surface area contributed by atoms with Crippen LogP contribution in [-0.2, 0) is 4.74 Å². The molecule has 0 bridgehead atoms. The van der Waals surface area contributed by atoms with Crippen LogP contribution < -0.4 is 16.4 Å². The summed E-state index contributed by atoms with van der Waals surface area (Å²) in [6, 6.07) is 1.57. The summed E-state index contributed by atoms with van der Waals surface area (Å²) < 4.78 is 5.36. The molecular formula is C11H16N4O2. The topological polar surface area (TPSA) is 94.5 Å². The molecule has 0 spiro atoms. The molecule has 1 fully saturated rings. The lowest BCUT2D eigenvalue weighted by molar-refractivity contribution is 0.100. The van der Waals surface area contributed by atoms with Crippen molar-refractivity contribution in [1.29, 1.82) is 0 Å². The maximum absolute atomic E-state index is 11.4. The van der Waals surface area contributed by atoms with Crippen LogP contribution in [0, 0.1) is 0 Å². The number of nitrogens with zero attached hydrogens (tertiary/aromatic N) is 2. The van der Waals surface area contributed by atoms with E-state index in [4.69, 9.17) is 16.2 Å². The van der Waals surface area contributed by atoms with Gasteiger partial charge in [0.1, 0.15) is 5.82 Å². The average molecular weight is 236 g/mol. The van der Waals surface area contributed by atoms with Crippen molar-refractivity contribution in [3.8, 4) is 0 Å². The molecular weight excluding hydrogens is 220 g/mol. The van der Waals surface area contributed by atoms with E-state index in [9.17, 15) is 4.79 Å². The summed E-state index contributed by atoms with van der Waals surface area (Å²) in [6.45, 7) is 2.87. The van der Waals surface area contributed by atoms with Gasteiger partial charge in [0.2, 0.25) is 0 Å². The molecule has 0 saturated carbocycles. The molecule has 6 heteroatoms. The van der Waals surface area contributed by atoms with Gasteiger partial charge in [-0.25, -0.2) is 4.98 Å². The highest BCUT2D eigenvalue weighted by Gasteiger charge is 2.18. The number of nitrogen functional groups attached to an aromatic ring is 1. The Hall–Kier alpha value is -1.82. The Morgan fingerprint density at radius 2 is 2.24 bits per heavy atom. The number of anilines is 2. The van der Waals surface area contributed by atoms with Gasteiger partial charge in [-0.05, 0) is 12.5 Å². The molecule has 1 aliphatic heterocycles. The molecule has 0 radical (unpaired) electrons. The third-order valence-electron chi connectivity index (χ3n) is 2.68. The summed E-state index contributed by atoms with van der Waals surface area (Å²) in [6.07, 6.45) is 2.44. The first-order valence-corrected chi connectivity index (χ1v) is 5.56. The zero-order valence-electron chi connectivity index (χ0n) is 9.56. The average Bonchev–Trinajstić information content (AvgIpc) is 2.57. The number of ether oxygens (including phenoxy) is 1. The Bertz CT molecular complexity index is 414. The number of primary amides is 1. The molecule has 0 aromatic carbocycles. The fourth-order valence-corrected chi connectivity index (χ4v) is 1.86. The van der Waals surface area contributed by atoms with Crippen molar-refractivity contribution < 1.29 is 9.53 Å². The van der Waals surface area contributed by atoms with E-state index in [0.717, 1.165) is 19.6 Å². The number of rotatable bonds is 2. The van der Waals surface area contributed by atoms with E-state index in [0.29, 0.717) is 30.2 Å². The smallest absolute Gasteiger partial charge is 0.252 e. The minimum Gasteiger partial charge on any atom is -0.397 e. The molecule has 1 saturated heterocycles. The number of carbonyl (C=O) groups is 1. The van der Waals surface area contributed by atoms with Gasteiger partial charge in [0.15, 0.2) is 0 Å². The minimum atomic E-state index is -0.509. The number of nitrogens with two attached hydrogens (primary N) is 2. The predicted octanol–water partition coefficient (Wildman–Crippen LogP) is -0.0106. The van der Waals surface area contributed by atoms with E-state index in [-0.39, 0.29) is 0 Å². The Morgan fingerprint density at radius 1 is 1.41 bits per heavy atom. The third kappa shape index (κ3) is 2.65. The van der Waals surface area contributed by atoms with E-state index in [2.05, 4.69) is 4.98 Å². The summed E-state index contributed by atoms with van der Waals surface area (Å²) in [5.41, 5.74) is 11.8. The zero-order chi connectivity index (χ0) is 12.3. The van der Waals surface area contributed by atoms with Gasteiger partial charge in [-0.15, -0.1) is 0 Å². The lowest BCUT2D eigenvalue weighted by atomic mass is 10.2. The molecule has 0 unspecified atom stereocenters. The number of hydrogen-bond acceptors (Lipinski definition) is 5. The molecule has 0 atom stereocenters. The number of pyridine rings is 1. The van der Waals surface area contributed by atoms with E-state index in [1.165, 1.54) is 6.20 Å². The number of carbonyl (C=O) groups excluding carboxylic acids is 1. The van der Waals surface area contributed by atoms with Gasteiger partial charge in [-0.3, -0.25) is 4.79 Å². The van der Waals surface area contributed by atoms with Gasteiger partial charge in [0, 0.05) is 19.7 Å². The molecule has 17 heavy (non-hydrogen) atoms. The molecule has 2 heterocycles. The van der Waals surface area contributed by atoms with Crippen LogP contribution in [0.2, 0.25) is 0 Å². The Balaban J connectivity index is 2.32. The molecule has 1 aliphatic rings. The van der Waals surface area contributed by atoms with Crippen LogP contribution in [0.1, 0.15) is 16.8 Å². The summed E-state index contributed by atoms with van der Waals surface area (Å²) in [4.78, 5) is 17.6. The maximum Gasteiger partial charge on any atom is 0.252 e. The van der Waals surface area contributed by atoms with Gasteiger partial charge < -0.3 is 21.1 Å². The quantitative estimate of drug-likeness (QED) is 0.753. The SMILES string of the molecule is NC(=O)c1cc(N)cnc1N1CCCOCC1. The number of hydrogen-bond donors (Lipinski definition) is 2. The highest BCUT2D eigenvalue weighted by molar-refractivity contribution is 5.98. The minimum absolute atomic E-state index is 0.368. The second-order valence-electron chi connectivity index (χ2n) is 3.96. The van der Waals surface area contributed by atoms with Crippen LogP contribution in [0.4, 0.5) is 11.5 Å². The van der Waals surface area contributed by atoms with Crippen molar-refractivity contribution >= 4 is 17.4 Å². The van der Waals surface area contributed by atoms with Crippen LogP contribution in [0.3, 0.4) is 0 Å². The predicted molar refractivity (Wildman–Crippen MR) is 64.8 cm³/mol. The van der Waals surface area contributed by atoms with Crippen LogP contribution in [-0.4, -0.2) is 37.2 Å². The molecule has 1 aromatic heterocycles. The van der Waals surface area contributed by atoms with E-state index in [1.54, 1.807) is 6.07 Å². The third-order valence-corrected chi connectivity index (χ3v) is 2.68. The highest BCUT2D eigenvalue weighted by atomic mass is 16.5. The van der Waals surface area contributed by atoms with Crippen molar-refractivity contribution in [2.75, 3.05) is 36.9 Å². The first-order valence-electron chi connectivity index (χ1n) is 5.56. The Morgan fingerprint density at radius 3 is 3.00 bits per heavy atom. The van der Waals surface area contributed by atoms with E-state index in [1.807, 2.05) is 4.90 Å². The largest absolute Gasteiger partial charge is 0.397 e. The van der Waals surface area contributed by atoms with Crippen molar-refractivity contribution in [1.82, 2.24) is 4.98 Å². The molecule has 4 N–H and O–H groups in total. The zero-order valence-corrected chi connectivity index (χ0v) is 9.56. The van der Waals surface area contributed by atoms with Crippen LogP contribution in [0.25, 0.3) is 0 Å². The van der Waals surface area contributed by atoms with Crippen LogP contribution >= 0.6 is 0 Å². The van der Waals surface area contributed by atoms with Crippen LogP contribution in [0.15, 0.2) is 12.3 Å². The van der Waals surface area contributed by atoms with Gasteiger partial charge in [0.05, 0.1) is 24.1 Å². The monoisotopic (exact) mass is 236 g/mol. The van der Waals surface area contributed by atoms with Crippen LogP contribution in [0.5, 0.6) is 0 Å². The normalized spacial score (nSPS) is 16.6. The second-order valence-corrected chi connectivity index (χ2v) is 3.96. The lowest BCUT2D eigenvalue weighted by Crippen LogP contribution is -2.29.